The Hall–Kier alpha value is -4.34. The minimum atomic E-state index is -0.945. The van der Waals surface area contributed by atoms with Gasteiger partial charge in [-0.05, 0) is 55.8 Å². The first-order chi connectivity index (χ1) is 22.3. The Bertz CT molecular complexity index is 1920. The highest BCUT2D eigenvalue weighted by Crippen LogP contribution is 2.47. The Balaban J connectivity index is 1.36. The molecule has 4 aliphatic rings. The zero-order valence-electron chi connectivity index (χ0n) is 25.3. The van der Waals surface area contributed by atoms with Crippen LogP contribution in [0.4, 0.5) is 19.0 Å². The van der Waals surface area contributed by atoms with E-state index in [-0.39, 0.29) is 69.2 Å². The molecule has 9 nitrogen and oxygen atoms in total. The second kappa shape index (κ2) is 10.9. The molecule has 46 heavy (non-hydrogen) atoms. The van der Waals surface area contributed by atoms with Crippen LogP contribution in [0.3, 0.4) is 0 Å². The third kappa shape index (κ3) is 4.51. The normalized spacial score (nSPS) is 25.7. The Kier molecular flexibility index (Phi) is 6.88. The van der Waals surface area contributed by atoms with Crippen molar-refractivity contribution in [1.29, 1.82) is 5.26 Å². The number of benzene rings is 3. The third-order valence-corrected chi connectivity index (χ3v) is 10.2. The monoisotopic (exact) mass is 630 g/mol. The van der Waals surface area contributed by atoms with E-state index in [0.29, 0.717) is 37.3 Å². The molecule has 0 saturated carbocycles. The first-order valence-corrected chi connectivity index (χ1v) is 15.7. The Morgan fingerprint density at radius 2 is 1.93 bits per heavy atom. The van der Waals surface area contributed by atoms with Crippen LogP contribution in [0.2, 0.25) is 0 Å². The summed E-state index contributed by atoms with van der Waals surface area (Å²) in [7, 11) is 1.38. The summed E-state index contributed by atoms with van der Waals surface area (Å²) in [4.78, 5) is 13.5. The van der Waals surface area contributed by atoms with Crippen LogP contribution in [0.5, 0.6) is 17.5 Å². The van der Waals surface area contributed by atoms with Gasteiger partial charge >= 0.3 is 6.01 Å². The van der Waals surface area contributed by atoms with Gasteiger partial charge in [-0.3, -0.25) is 4.90 Å². The first-order valence-electron chi connectivity index (χ1n) is 15.7. The zero-order valence-corrected chi connectivity index (χ0v) is 25.3. The van der Waals surface area contributed by atoms with E-state index < -0.39 is 23.3 Å². The van der Waals surface area contributed by atoms with Crippen LogP contribution in [0, 0.1) is 23.0 Å². The Morgan fingerprint density at radius 1 is 1.13 bits per heavy atom. The van der Waals surface area contributed by atoms with E-state index in [2.05, 4.69) is 26.2 Å². The molecule has 2 N–H and O–H groups in total. The molecule has 4 aromatic rings. The van der Waals surface area contributed by atoms with E-state index in [1.54, 1.807) is 6.07 Å². The average Bonchev–Trinajstić information content (AvgIpc) is 3.69. The summed E-state index contributed by atoms with van der Waals surface area (Å²) in [6.45, 7) is 2.49. The maximum absolute atomic E-state index is 17.2. The molecule has 0 aliphatic carbocycles. The minimum Gasteiger partial charge on any atom is -0.508 e. The molecule has 0 radical (unpaired) electrons. The fourth-order valence-electron chi connectivity index (χ4n) is 8.30. The highest BCUT2D eigenvalue weighted by atomic mass is 19.1. The number of nitrogens with one attached hydrogen (secondary N) is 1. The fourth-order valence-corrected chi connectivity index (χ4v) is 8.30. The van der Waals surface area contributed by atoms with Crippen LogP contribution >= 0.6 is 0 Å². The molecular weight excluding hydrogens is 597 g/mol. The molecule has 4 fully saturated rings. The van der Waals surface area contributed by atoms with Gasteiger partial charge in [0.2, 0.25) is 0 Å². The molecule has 238 valence electrons. The smallest absolute Gasteiger partial charge is 0.319 e. The van der Waals surface area contributed by atoms with Crippen molar-refractivity contribution in [3.05, 3.63) is 47.5 Å². The molecule has 4 saturated heterocycles. The topological polar surface area (TPSA) is 107 Å². The van der Waals surface area contributed by atoms with Crippen molar-refractivity contribution in [2.45, 2.75) is 55.9 Å². The quantitative estimate of drug-likeness (QED) is 0.297. The molecule has 2 bridgehead atoms. The molecule has 3 aromatic carbocycles. The molecule has 0 spiro atoms. The predicted octanol–water partition coefficient (Wildman–Crippen LogP) is 5.21. The first kappa shape index (κ1) is 29.1. The number of hydrogen-bond acceptors (Lipinski definition) is 9. The molecular formula is C34H33F3N6O3. The van der Waals surface area contributed by atoms with Crippen LogP contribution in [0.1, 0.15) is 37.7 Å². The number of methoxy groups -OCH3 is 1. The number of phenolic OH excluding ortho intramolecular Hbond substituents is 1. The van der Waals surface area contributed by atoms with Gasteiger partial charge in [0.15, 0.2) is 11.6 Å². The highest BCUT2D eigenvalue weighted by Gasteiger charge is 2.49. The van der Waals surface area contributed by atoms with E-state index in [4.69, 9.17) is 14.5 Å². The largest absolute Gasteiger partial charge is 0.508 e. The van der Waals surface area contributed by atoms with Gasteiger partial charge in [0.05, 0.1) is 18.0 Å². The summed E-state index contributed by atoms with van der Waals surface area (Å²) >= 11 is 0. The number of aromatic hydroxyl groups is 1. The lowest BCUT2D eigenvalue weighted by atomic mass is 9.91. The van der Waals surface area contributed by atoms with Crippen molar-refractivity contribution in [2.75, 3.05) is 44.8 Å². The second-order valence-electron chi connectivity index (χ2n) is 13.0. The fraction of sp³-hybridized carbons (Fsp3) is 0.441. The SMILES string of the molecule is COc1c(C#N)c(-c2cc(O)cc3cccc(F)c23)c(F)c2nc(OC[C@@]34CCCN3C[C@H](F)C4)nc(N3CC4CCC(C3)N4)c12. The number of ether oxygens (including phenoxy) is 2. The van der Waals surface area contributed by atoms with E-state index in [9.17, 15) is 14.8 Å². The highest BCUT2D eigenvalue weighted by molar-refractivity contribution is 6.06. The summed E-state index contributed by atoms with van der Waals surface area (Å²) in [5.41, 5.74) is -1.05. The number of aromatic nitrogens is 2. The Morgan fingerprint density at radius 3 is 2.70 bits per heavy atom. The maximum atomic E-state index is 17.2. The van der Waals surface area contributed by atoms with Gasteiger partial charge in [-0.15, -0.1) is 0 Å². The van der Waals surface area contributed by atoms with E-state index in [1.165, 1.54) is 31.4 Å². The molecule has 1 aromatic heterocycles. The van der Waals surface area contributed by atoms with Crippen LogP contribution in [0.25, 0.3) is 32.8 Å². The summed E-state index contributed by atoms with van der Waals surface area (Å²) in [5.74, 6) is -1.33. The van der Waals surface area contributed by atoms with Gasteiger partial charge in [-0.25, -0.2) is 13.2 Å². The van der Waals surface area contributed by atoms with E-state index in [0.717, 1.165) is 32.2 Å². The van der Waals surface area contributed by atoms with Crippen molar-refractivity contribution in [1.82, 2.24) is 20.2 Å². The minimum absolute atomic E-state index is 0.00868. The van der Waals surface area contributed by atoms with E-state index >= 15 is 8.78 Å². The molecule has 0 amide bonds. The van der Waals surface area contributed by atoms with Crippen molar-refractivity contribution < 1.29 is 27.8 Å². The van der Waals surface area contributed by atoms with Crippen LogP contribution in [0.15, 0.2) is 30.3 Å². The molecule has 4 aliphatic heterocycles. The number of fused-ring (bicyclic) bond motifs is 5. The second-order valence-corrected chi connectivity index (χ2v) is 13.0. The standard InChI is InChI=1S/C34H33F3N6O3/c1-45-31-24(13-38)27(23-11-22(44)10-18-4-2-5-25(36)26(18)23)29(37)30-28(31)32(42-15-20-6-7-21(16-42)39-20)41-33(40-30)46-17-34-8-3-9-43(34)14-19(35)12-34/h2,4-5,10-11,19-21,39,44H,3,6-9,12,14-17H2,1H3/t19-,20?,21?,34+/m1/s1. The zero-order chi connectivity index (χ0) is 31.7. The number of alkyl halides is 1. The average molecular weight is 631 g/mol. The van der Waals surface area contributed by atoms with Gasteiger partial charge in [0.25, 0.3) is 0 Å². The van der Waals surface area contributed by atoms with Gasteiger partial charge in [0, 0.05) is 54.7 Å². The Labute approximate surface area is 263 Å². The van der Waals surface area contributed by atoms with Gasteiger partial charge in [-0.1, -0.05) is 12.1 Å². The molecule has 12 heteroatoms. The van der Waals surface area contributed by atoms with Crippen LogP contribution in [-0.2, 0) is 0 Å². The molecule has 4 atom stereocenters. The van der Waals surface area contributed by atoms with E-state index in [1.807, 2.05) is 0 Å². The third-order valence-electron chi connectivity index (χ3n) is 10.2. The van der Waals surface area contributed by atoms with Gasteiger partial charge in [0.1, 0.15) is 47.3 Å². The predicted molar refractivity (Wildman–Crippen MR) is 166 cm³/mol. The van der Waals surface area contributed by atoms with Crippen molar-refractivity contribution >= 4 is 27.5 Å². The van der Waals surface area contributed by atoms with Crippen molar-refractivity contribution in [3.63, 3.8) is 0 Å². The summed E-state index contributed by atoms with van der Waals surface area (Å²) in [6, 6.07) is 9.41. The number of hydrogen-bond donors (Lipinski definition) is 2. The summed E-state index contributed by atoms with van der Waals surface area (Å²) < 4.78 is 59.1. The molecule has 5 heterocycles. The lowest BCUT2D eigenvalue weighted by Crippen LogP contribution is -2.51. The lowest BCUT2D eigenvalue weighted by molar-refractivity contribution is 0.107. The number of nitrogens with zero attached hydrogens (tertiary/aromatic N) is 5. The van der Waals surface area contributed by atoms with Crippen LogP contribution < -0.4 is 19.7 Å². The summed E-state index contributed by atoms with van der Waals surface area (Å²) in [5, 5.41) is 25.2. The lowest BCUT2D eigenvalue weighted by Gasteiger charge is -2.35. The number of piperazine rings is 1. The summed E-state index contributed by atoms with van der Waals surface area (Å²) in [6.07, 6.45) is 3.10. The number of rotatable bonds is 6. The maximum Gasteiger partial charge on any atom is 0.319 e. The van der Waals surface area contributed by atoms with Crippen LogP contribution in [-0.4, -0.2) is 83.7 Å². The number of halogens is 3. The van der Waals surface area contributed by atoms with Crippen molar-refractivity contribution in [2.24, 2.45) is 0 Å². The number of anilines is 1. The van der Waals surface area contributed by atoms with Gasteiger partial charge < -0.3 is 24.8 Å². The molecule has 8 rings (SSSR count). The van der Waals surface area contributed by atoms with Gasteiger partial charge in [-0.2, -0.15) is 15.2 Å². The number of phenols is 1. The van der Waals surface area contributed by atoms with Crippen molar-refractivity contribution in [3.8, 4) is 34.7 Å². The number of nitriles is 1. The molecule has 2 unspecified atom stereocenters.